The topological polar surface area (TPSA) is 29.5 Å². The maximum atomic E-state index is 11.8. The van der Waals surface area contributed by atoms with Gasteiger partial charge in [0.1, 0.15) is 11.6 Å². The highest BCUT2D eigenvalue weighted by Gasteiger charge is 2.24. The molecule has 0 radical (unpaired) electrons. The molecule has 16 heavy (non-hydrogen) atoms. The summed E-state index contributed by atoms with van der Waals surface area (Å²) < 4.78 is 5.36. The largest absolute Gasteiger partial charge is 0.459 e. The Morgan fingerprint density at radius 1 is 1.31 bits per heavy atom. The number of likely N-dealkylation sites (N-methyl/N-ethyl adjacent to an activating group) is 1. The zero-order chi connectivity index (χ0) is 12.9. The monoisotopic (exact) mass is 229 g/mol. The molecule has 0 aromatic carbocycles. The number of esters is 1. The number of ether oxygens (including phenoxy) is 1. The smallest absolute Gasteiger partial charge is 0.323 e. The minimum Gasteiger partial charge on any atom is -0.459 e. The molecule has 0 amide bonds. The molecule has 2 unspecified atom stereocenters. The zero-order valence-electron chi connectivity index (χ0n) is 11.8. The quantitative estimate of drug-likeness (QED) is 0.679. The maximum Gasteiger partial charge on any atom is 0.323 e. The van der Waals surface area contributed by atoms with Crippen LogP contribution in [-0.4, -0.2) is 36.1 Å². The minimum absolute atomic E-state index is 0.140. The van der Waals surface area contributed by atoms with Crippen LogP contribution in [0.2, 0.25) is 0 Å². The summed E-state index contributed by atoms with van der Waals surface area (Å²) in [7, 11) is 1.97. The van der Waals surface area contributed by atoms with Crippen molar-refractivity contribution in [3.63, 3.8) is 0 Å². The van der Waals surface area contributed by atoms with Crippen molar-refractivity contribution < 1.29 is 9.53 Å². The molecule has 0 heterocycles. The van der Waals surface area contributed by atoms with Gasteiger partial charge in [-0.15, -0.1) is 0 Å². The lowest BCUT2D eigenvalue weighted by Gasteiger charge is -2.28. The normalized spacial score (nSPS) is 16.0. The fourth-order valence-electron chi connectivity index (χ4n) is 1.35. The molecule has 0 aliphatic carbocycles. The van der Waals surface area contributed by atoms with E-state index >= 15 is 0 Å². The molecule has 0 saturated carbocycles. The van der Waals surface area contributed by atoms with Gasteiger partial charge < -0.3 is 4.74 Å². The van der Waals surface area contributed by atoms with E-state index in [4.69, 9.17) is 4.74 Å². The maximum absolute atomic E-state index is 11.8. The van der Waals surface area contributed by atoms with Gasteiger partial charge in [-0.05, 0) is 40.7 Å². The SMILES string of the molecule is CCC(C)CN(C)C(C)C(=O)OC(C)(C)C. The fourth-order valence-corrected chi connectivity index (χ4v) is 1.35. The second-order valence-electron chi connectivity index (χ2n) is 5.66. The highest BCUT2D eigenvalue weighted by Crippen LogP contribution is 2.12. The van der Waals surface area contributed by atoms with Crippen LogP contribution in [0.15, 0.2) is 0 Å². The van der Waals surface area contributed by atoms with Crippen LogP contribution >= 0.6 is 0 Å². The molecule has 96 valence electrons. The Morgan fingerprint density at radius 2 is 1.81 bits per heavy atom. The van der Waals surface area contributed by atoms with Crippen molar-refractivity contribution in [3.05, 3.63) is 0 Å². The summed E-state index contributed by atoms with van der Waals surface area (Å²) in [4.78, 5) is 13.9. The number of hydrogen-bond acceptors (Lipinski definition) is 3. The predicted molar refractivity (Wildman–Crippen MR) is 67.4 cm³/mol. The number of carbonyl (C=O) groups excluding carboxylic acids is 1. The second-order valence-corrected chi connectivity index (χ2v) is 5.66. The summed E-state index contributed by atoms with van der Waals surface area (Å²) in [6.45, 7) is 12.9. The van der Waals surface area contributed by atoms with Crippen molar-refractivity contribution in [2.75, 3.05) is 13.6 Å². The first kappa shape index (κ1) is 15.4. The third-order valence-corrected chi connectivity index (χ3v) is 2.71. The molecule has 3 nitrogen and oxygen atoms in total. The van der Waals surface area contributed by atoms with Crippen LogP contribution in [0.1, 0.15) is 48.0 Å². The summed E-state index contributed by atoms with van der Waals surface area (Å²) in [5, 5.41) is 0. The summed E-state index contributed by atoms with van der Waals surface area (Å²) in [6.07, 6.45) is 1.13. The van der Waals surface area contributed by atoms with Crippen LogP contribution in [0, 0.1) is 5.92 Å². The first-order chi connectivity index (χ1) is 7.17. The Kier molecular flexibility index (Phi) is 6.01. The average molecular weight is 229 g/mol. The summed E-state index contributed by atoms with van der Waals surface area (Å²) >= 11 is 0. The predicted octanol–water partition coefficient (Wildman–Crippen LogP) is 2.69. The van der Waals surface area contributed by atoms with E-state index < -0.39 is 5.60 Å². The zero-order valence-corrected chi connectivity index (χ0v) is 11.8. The highest BCUT2D eigenvalue weighted by molar-refractivity contribution is 5.75. The van der Waals surface area contributed by atoms with E-state index in [1.165, 1.54) is 0 Å². The minimum atomic E-state index is -0.400. The van der Waals surface area contributed by atoms with Crippen LogP contribution in [0.25, 0.3) is 0 Å². The lowest BCUT2D eigenvalue weighted by molar-refractivity contribution is -0.160. The van der Waals surface area contributed by atoms with E-state index in [1.54, 1.807) is 0 Å². The fraction of sp³-hybridized carbons (Fsp3) is 0.923. The third-order valence-electron chi connectivity index (χ3n) is 2.71. The van der Waals surface area contributed by atoms with Crippen molar-refractivity contribution in [2.24, 2.45) is 5.92 Å². The van der Waals surface area contributed by atoms with Gasteiger partial charge >= 0.3 is 5.97 Å². The van der Waals surface area contributed by atoms with Crippen LogP contribution in [0.3, 0.4) is 0 Å². The van der Waals surface area contributed by atoms with E-state index in [2.05, 4.69) is 18.7 Å². The number of hydrogen-bond donors (Lipinski definition) is 0. The lowest BCUT2D eigenvalue weighted by atomic mass is 10.1. The first-order valence-electron chi connectivity index (χ1n) is 6.10. The molecule has 0 rings (SSSR count). The number of rotatable bonds is 5. The van der Waals surface area contributed by atoms with E-state index in [0.717, 1.165) is 13.0 Å². The molecular formula is C13H27NO2. The average Bonchev–Trinajstić information content (AvgIpc) is 2.13. The molecule has 3 heteroatoms. The molecule has 0 bridgehead atoms. The van der Waals surface area contributed by atoms with Gasteiger partial charge in [0.15, 0.2) is 0 Å². The van der Waals surface area contributed by atoms with Crippen molar-refractivity contribution in [3.8, 4) is 0 Å². The van der Waals surface area contributed by atoms with E-state index in [1.807, 2.05) is 34.7 Å². The summed E-state index contributed by atoms with van der Waals surface area (Å²) in [6, 6.07) is -0.173. The van der Waals surface area contributed by atoms with Gasteiger partial charge in [-0.2, -0.15) is 0 Å². The second kappa shape index (κ2) is 6.24. The van der Waals surface area contributed by atoms with Crippen molar-refractivity contribution in [1.29, 1.82) is 0 Å². The van der Waals surface area contributed by atoms with E-state index in [0.29, 0.717) is 5.92 Å². The summed E-state index contributed by atoms with van der Waals surface area (Å²) in [5.41, 5.74) is -0.400. The molecule has 0 aromatic heterocycles. The molecule has 0 N–H and O–H groups in total. The van der Waals surface area contributed by atoms with Gasteiger partial charge in [0.25, 0.3) is 0 Å². The molecule has 0 aliphatic rings. The first-order valence-corrected chi connectivity index (χ1v) is 6.10. The van der Waals surface area contributed by atoms with E-state index in [9.17, 15) is 4.79 Å². The Balaban J connectivity index is 4.22. The number of nitrogens with zero attached hydrogens (tertiary/aromatic N) is 1. The molecule has 0 aromatic rings. The van der Waals surface area contributed by atoms with Crippen molar-refractivity contribution >= 4 is 5.97 Å². The molecule has 0 fully saturated rings. The third kappa shape index (κ3) is 6.11. The van der Waals surface area contributed by atoms with Gasteiger partial charge in [0.2, 0.25) is 0 Å². The lowest BCUT2D eigenvalue weighted by Crippen LogP contribution is -2.42. The Hall–Kier alpha value is -0.570. The molecular weight excluding hydrogens is 202 g/mol. The molecule has 2 atom stereocenters. The standard InChI is InChI=1S/C13H27NO2/c1-8-10(2)9-14(7)11(3)12(15)16-13(4,5)6/h10-11H,8-9H2,1-7H3. The Morgan fingerprint density at radius 3 is 2.19 bits per heavy atom. The highest BCUT2D eigenvalue weighted by atomic mass is 16.6. The van der Waals surface area contributed by atoms with Gasteiger partial charge in [0, 0.05) is 6.54 Å². The van der Waals surface area contributed by atoms with Crippen LogP contribution in [0.5, 0.6) is 0 Å². The van der Waals surface area contributed by atoms with Crippen molar-refractivity contribution in [2.45, 2.75) is 59.6 Å². The van der Waals surface area contributed by atoms with Crippen molar-refractivity contribution in [1.82, 2.24) is 4.90 Å². The Bertz CT molecular complexity index is 220. The van der Waals surface area contributed by atoms with Crippen LogP contribution in [-0.2, 0) is 9.53 Å². The van der Waals surface area contributed by atoms with E-state index in [-0.39, 0.29) is 12.0 Å². The van der Waals surface area contributed by atoms with Gasteiger partial charge in [-0.1, -0.05) is 20.3 Å². The molecule has 0 spiro atoms. The van der Waals surface area contributed by atoms with Crippen LogP contribution in [0.4, 0.5) is 0 Å². The number of carbonyl (C=O) groups is 1. The summed E-state index contributed by atoms with van der Waals surface area (Å²) in [5.74, 6) is 0.466. The Labute approximate surface area is 100 Å². The van der Waals surface area contributed by atoms with Gasteiger partial charge in [0.05, 0.1) is 0 Å². The van der Waals surface area contributed by atoms with Crippen LogP contribution < -0.4 is 0 Å². The van der Waals surface area contributed by atoms with Gasteiger partial charge in [-0.3, -0.25) is 9.69 Å². The van der Waals surface area contributed by atoms with Gasteiger partial charge in [-0.25, -0.2) is 0 Å². The molecule has 0 saturated heterocycles. The molecule has 0 aliphatic heterocycles.